The topological polar surface area (TPSA) is 36.9 Å². The molecule has 33 heavy (non-hydrogen) atoms. The third-order valence-electron chi connectivity index (χ3n) is 4.99. The molecule has 0 N–H and O–H groups in total. The second kappa shape index (κ2) is 31.4. The summed E-state index contributed by atoms with van der Waals surface area (Å²) in [4.78, 5) is 0. The van der Waals surface area contributed by atoms with Gasteiger partial charge in [0.2, 0.25) is 0 Å². The smallest absolute Gasteiger partial charge is 1.00 e. The van der Waals surface area contributed by atoms with Crippen molar-refractivity contribution in [1.82, 2.24) is 0 Å². The van der Waals surface area contributed by atoms with Gasteiger partial charge in [0.15, 0.2) is 0 Å². The number of halogens is 2. The van der Waals surface area contributed by atoms with E-state index in [2.05, 4.69) is 6.07 Å². The first-order valence-electron chi connectivity index (χ1n) is 12.3. The summed E-state index contributed by atoms with van der Waals surface area (Å²) in [6.45, 7) is 8.00. The molecule has 0 unspecified atom stereocenters. The van der Waals surface area contributed by atoms with E-state index in [9.17, 15) is 0 Å². The Morgan fingerprint density at radius 1 is 0.485 bits per heavy atom. The van der Waals surface area contributed by atoms with Crippen LogP contribution in [-0.2, 0) is 18.9 Å². The molecule has 4 nitrogen and oxygen atoms in total. The zero-order chi connectivity index (χ0) is 22.1. The van der Waals surface area contributed by atoms with Crippen molar-refractivity contribution in [3.63, 3.8) is 0 Å². The standard InChI is InChI=1S/C6H4Cl.4C5H10O.Ca.HI/c7-6-4-2-1-3-5-6;4*1-2-4-6-5-3-1;;/h2-5H;4*1-5H2;;1H/q-1;;;;;+2;/p-1. The van der Waals surface area contributed by atoms with Gasteiger partial charge in [-0.25, -0.2) is 0 Å². The van der Waals surface area contributed by atoms with Crippen molar-refractivity contribution in [3.05, 3.63) is 35.4 Å². The van der Waals surface area contributed by atoms with E-state index in [0.717, 1.165) is 57.9 Å². The monoisotopic (exact) mass is 622 g/mol. The van der Waals surface area contributed by atoms with Crippen LogP contribution in [0.5, 0.6) is 0 Å². The summed E-state index contributed by atoms with van der Waals surface area (Å²) in [6.07, 6.45) is 15.7. The quantitative estimate of drug-likeness (QED) is 0.252. The summed E-state index contributed by atoms with van der Waals surface area (Å²) in [7, 11) is 0. The fourth-order valence-electron chi connectivity index (χ4n) is 3.11. The third-order valence-corrected chi connectivity index (χ3v) is 5.24. The van der Waals surface area contributed by atoms with Gasteiger partial charge in [-0.15, -0.1) is 11.6 Å². The minimum atomic E-state index is 0. The van der Waals surface area contributed by atoms with Crippen LogP contribution in [0.3, 0.4) is 0 Å². The fourth-order valence-corrected chi connectivity index (χ4v) is 3.24. The SMILES string of the molecule is C1CCOCC1.C1CCOCC1.C1CCOCC1.C1CCOCC1.Clc1cc[c-]cc1.[Ca+2].[I-]. The Morgan fingerprint density at radius 2 is 0.727 bits per heavy atom. The largest absolute Gasteiger partial charge is 2.00 e. The fraction of sp³-hybridized carbons (Fsp3) is 0.769. The summed E-state index contributed by atoms with van der Waals surface area (Å²) in [5.74, 6) is 0. The van der Waals surface area contributed by atoms with Crippen LogP contribution in [0, 0.1) is 6.07 Å². The number of hydrogen-bond acceptors (Lipinski definition) is 4. The van der Waals surface area contributed by atoms with Gasteiger partial charge in [-0.3, -0.25) is 0 Å². The van der Waals surface area contributed by atoms with E-state index < -0.39 is 0 Å². The molecule has 0 aliphatic carbocycles. The van der Waals surface area contributed by atoms with Crippen LogP contribution < -0.4 is 24.0 Å². The number of hydrogen-bond donors (Lipinski definition) is 0. The van der Waals surface area contributed by atoms with Crippen molar-refractivity contribution in [2.75, 3.05) is 52.9 Å². The molecular formula is C26H44CaClIO4. The molecule has 1 aromatic carbocycles. The van der Waals surface area contributed by atoms with Crippen molar-refractivity contribution in [3.8, 4) is 0 Å². The summed E-state index contributed by atoms with van der Waals surface area (Å²) in [5, 5.41) is 0.763. The van der Waals surface area contributed by atoms with Crippen LogP contribution in [0.2, 0.25) is 5.02 Å². The van der Waals surface area contributed by atoms with Crippen molar-refractivity contribution < 1.29 is 42.9 Å². The Bertz CT molecular complexity index is 361. The van der Waals surface area contributed by atoms with E-state index in [-0.39, 0.29) is 61.7 Å². The van der Waals surface area contributed by atoms with Crippen LogP contribution >= 0.6 is 11.6 Å². The van der Waals surface area contributed by atoms with E-state index in [4.69, 9.17) is 30.5 Å². The molecule has 0 spiro atoms. The zero-order valence-electron chi connectivity index (χ0n) is 20.5. The summed E-state index contributed by atoms with van der Waals surface area (Å²) in [5.41, 5.74) is 0. The maximum absolute atomic E-state index is 5.52. The van der Waals surface area contributed by atoms with Gasteiger partial charge in [-0.05, 0) is 77.0 Å². The molecule has 0 atom stereocenters. The molecule has 4 saturated heterocycles. The molecule has 188 valence electrons. The van der Waals surface area contributed by atoms with Crippen LogP contribution in [0.1, 0.15) is 77.0 Å². The van der Waals surface area contributed by atoms with Gasteiger partial charge in [0.1, 0.15) is 0 Å². The van der Waals surface area contributed by atoms with Gasteiger partial charge in [0, 0.05) is 52.9 Å². The second-order valence-corrected chi connectivity index (χ2v) is 8.35. The molecule has 1 aromatic rings. The Balaban J connectivity index is 0. The summed E-state index contributed by atoms with van der Waals surface area (Å²) >= 11 is 5.52. The van der Waals surface area contributed by atoms with Crippen LogP contribution in [0.25, 0.3) is 0 Å². The molecule has 0 aromatic heterocycles. The summed E-state index contributed by atoms with van der Waals surface area (Å²) in [6, 6.07) is 10.00. The van der Waals surface area contributed by atoms with Crippen LogP contribution in [-0.4, -0.2) is 90.6 Å². The average molecular weight is 623 g/mol. The molecule has 4 heterocycles. The molecule has 0 amide bonds. The first-order valence-corrected chi connectivity index (χ1v) is 12.7. The molecule has 4 aliphatic heterocycles. The third kappa shape index (κ3) is 29.5. The number of ether oxygens (including phenoxy) is 4. The molecule has 7 heteroatoms. The van der Waals surface area contributed by atoms with Crippen molar-refractivity contribution in [2.45, 2.75) is 77.0 Å². The number of benzene rings is 1. The Kier molecular flexibility index (Phi) is 34.7. The first-order chi connectivity index (χ1) is 15.4. The normalized spacial score (nSPS) is 19.3. The predicted molar refractivity (Wildman–Crippen MR) is 135 cm³/mol. The van der Waals surface area contributed by atoms with E-state index in [0.29, 0.717) is 0 Å². The van der Waals surface area contributed by atoms with E-state index >= 15 is 0 Å². The van der Waals surface area contributed by atoms with Crippen LogP contribution in [0.4, 0.5) is 0 Å². The minimum Gasteiger partial charge on any atom is -1.00 e. The molecular weight excluding hydrogens is 579 g/mol. The van der Waals surface area contributed by atoms with Crippen molar-refractivity contribution >= 4 is 49.3 Å². The Labute approximate surface area is 255 Å². The first kappa shape index (κ1) is 36.5. The Morgan fingerprint density at radius 3 is 0.818 bits per heavy atom. The van der Waals surface area contributed by atoms with Crippen molar-refractivity contribution in [1.29, 1.82) is 0 Å². The molecule has 0 saturated carbocycles. The molecule has 0 radical (unpaired) electrons. The maximum Gasteiger partial charge on any atom is 2.00 e. The van der Waals surface area contributed by atoms with Crippen LogP contribution in [0.15, 0.2) is 24.3 Å². The Hall–Kier alpha value is 1.34. The van der Waals surface area contributed by atoms with Gasteiger partial charge >= 0.3 is 37.7 Å². The van der Waals surface area contributed by atoms with Gasteiger partial charge in [0.05, 0.1) is 0 Å². The zero-order valence-corrected chi connectivity index (χ0v) is 25.7. The molecule has 0 bridgehead atoms. The number of rotatable bonds is 0. The van der Waals surface area contributed by atoms with E-state index in [1.165, 1.54) is 77.0 Å². The van der Waals surface area contributed by atoms with Gasteiger partial charge in [-0.2, -0.15) is 30.3 Å². The van der Waals surface area contributed by atoms with Crippen molar-refractivity contribution in [2.24, 2.45) is 0 Å². The molecule has 4 fully saturated rings. The maximum atomic E-state index is 5.52. The summed E-state index contributed by atoms with van der Waals surface area (Å²) < 4.78 is 20.3. The molecule has 5 rings (SSSR count). The predicted octanol–water partition coefficient (Wildman–Crippen LogP) is 3.51. The van der Waals surface area contributed by atoms with Gasteiger partial charge in [-0.1, -0.05) is 5.02 Å². The van der Waals surface area contributed by atoms with E-state index in [1.54, 1.807) is 24.3 Å². The second-order valence-electron chi connectivity index (χ2n) is 7.91. The van der Waals surface area contributed by atoms with Gasteiger partial charge in [0.25, 0.3) is 0 Å². The average Bonchev–Trinajstić information content (AvgIpc) is 2.90. The molecule has 4 aliphatic rings. The minimum absolute atomic E-state index is 0. The van der Waals surface area contributed by atoms with Gasteiger partial charge < -0.3 is 42.9 Å². The van der Waals surface area contributed by atoms with E-state index in [1.807, 2.05) is 0 Å².